The molecule has 6 aliphatic rings. The third-order valence-corrected chi connectivity index (χ3v) is 12.5. The molecule has 1 aromatic heterocycles. The molecular formula is C20H25Br2N3O2. The van der Waals surface area contributed by atoms with Gasteiger partial charge in [0.2, 0.25) is 0 Å². The van der Waals surface area contributed by atoms with E-state index in [0.717, 1.165) is 12.8 Å². The number of rotatable bonds is 1. The fourth-order valence-corrected chi connectivity index (χ4v) is 9.39. The van der Waals surface area contributed by atoms with Crippen molar-refractivity contribution in [3.63, 3.8) is 0 Å². The van der Waals surface area contributed by atoms with Crippen LogP contribution in [-0.4, -0.2) is 23.6 Å². The Morgan fingerprint density at radius 1 is 0.963 bits per heavy atom. The first-order valence-corrected chi connectivity index (χ1v) is 12.0. The van der Waals surface area contributed by atoms with Gasteiger partial charge in [-0.25, -0.2) is 23.5 Å². The molecule has 1 aromatic rings. The van der Waals surface area contributed by atoms with Gasteiger partial charge in [0.15, 0.2) is 0 Å². The highest BCUT2D eigenvalue weighted by Crippen LogP contribution is 2.69. The minimum Gasteiger partial charge on any atom is -0.246 e. The van der Waals surface area contributed by atoms with Crippen LogP contribution in [-0.2, 0) is 0 Å². The van der Waals surface area contributed by atoms with E-state index >= 15 is 0 Å². The van der Waals surface area contributed by atoms with Crippen LogP contribution < -0.4 is 11.4 Å². The Morgan fingerprint density at radius 2 is 1.48 bits per heavy atom. The van der Waals surface area contributed by atoms with Crippen molar-refractivity contribution in [2.75, 3.05) is 0 Å². The zero-order valence-corrected chi connectivity index (χ0v) is 19.0. The first-order chi connectivity index (χ1) is 12.7. The quantitative estimate of drug-likeness (QED) is 0.438. The van der Waals surface area contributed by atoms with Gasteiger partial charge in [0.05, 0.1) is 12.1 Å². The van der Waals surface area contributed by atoms with Gasteiger partial charge in [0.25, 0.3) is 0 Å². The minimum atomic E-state index is -0.0925. The van der Waals surface area contributed by atoms with Crippen LogP contribution >= 0.6 is 31.9 Å². The molecule has 0 unspecified atom stereocenters. The predicted octanol–water partition coefficient (Wildman–Crippen LogP) is 3.64. The van der Waals surface area contributed by atoms with Crippen LogP contribution in [0.4, 0.5) is 0 Å². The largest absolute Gasteiger partial charge is 0.348 e. The molecule has 0 radical (unpaired) electrons. The Kier molecular flexibility index (Phi) is 3.17. The van der Waals surface area contributed by atoms with Gasteiger partial charge in [-0.1, -0.05) is 64.8 Å². The van der Waals surface area contributed by atoms with E-state index in [9.17, 15) is 9.59 Å². The van der Waals surface area contributed by atoms with Crippen molar-refractivity contribution in [1.82, 2.24) is 13.9 Å². The van der Waals surface area contributed by atoms with Gasteiger partial charge in [0.1, 0.15) is 0 Å². The highest BCUT2D eigenvalue weighted by Gasteiger charge is 2.64. The molecule has 2 aliphatic heterocycles. The molecule has 3 saturated carbocycles. The van der Waals surface area contributed by atoms with Crippen molar-refractivity contribution in [3.05, 3.63) is 33.1 Å². The van der Waals surface area contributed by atoms with Crippen LogP contribution in [0.5, 0.6) is 0 Å². The van der Waals surface area contributed by atoms with Crippen LogP contribution in [0.3, 0.4) is 0 Å². The lowest BCUT2D eigenvalue weighted by Crippen LogP contribution is -2.63. The van der Waals surface area contributed by atoms with E-state index in [1.807, 2.05) is 0 Å². The number of allylic oxidation sites excluding steroid dienone is 2. The molecule has 3 fully saturated rings. The molecule has 146 valence electrons. The molecule has 5 nitrogen and oxygen atoms in total. The van der Waals surface area contributed by atoms with E-state index in [1.54, 1.807) is 13.9 Å². The summed E-state index contributed by atoms with van der Waals surface area (Å²) in [5, 5.41) is 0. The van der Waals surface area contributed by atoms with Crippen LogP contribution in [0.2, 0.25) is 0 Å². The summed E-state index contributed by atoms with van der Waals surface area (Å²) in [5.74, 6) is 1.36. The van der Waals surface area contributed by atoms with Crippen LogP contribution in [0.15, 0.2) is 21.7 Å². The second-order valence-electron chi connectivity index (χ2n) is 10.2. The summed E-state index contributed by atoms with van der Waals surface area (Å²) in [6, 6.07) is -0.00787. The van der Waals surface area contributed by atoms with E-state index in [0.29, 0.717) is 27.4 Å². The van der Waals surface area contributed by atoms with Crippen molar-refractivity contribution in [2.24, 2.45) is 28.6 Å². The Morgan fingerprint density at radius 3 is 1.89 bits per heavy atom. The highest BCUT2D eigenvalue weighted by molar-refractivity contribution is 9.12. The zero-order valence-electron chi connectivity index (χ0n) is 15.8. The average molecular weight is 499 g/mol. The van der Waals surface area contributed by atoms with E-state index in [1.165, 1.54) is 6.42 Å². The molecular weight excluding hydrogens is 474 g/mol. The van der Waals surface area contributed by atoms with E-state index in [2.05, 4.69) is 64.8 Å². The fraction of sp³-hybridized carbons (Fsp3) is 0.800. The molecule has 3 heterocycles. The third-order valence-electron chi connectivity index (χ3n) is 9.44. The SMILES string of the molecule is CC1(C)[C@H]2CC[C@]1(C)[C@H](n1c(=O)n3n(c1=O)[C@@H]1C=C[C@@H]3[C@H]3[C@H](Br)[C@H](Br)[C@@H]31)C2. The van der Waals surface area contributed by atoms with Gasteiger partial charge in [-0.15, -0.1) is 0 Å². The monoisotopic (exact) mass is 497 g/mol. The van der Waals surface area contributed by atoms with Gasteiger partial charge >= 0.3 is 11.4 Å². The van der Waals surface area contributed by atoms with Gasteiger partial charge in [0, 0.05) is 27.5 Å². The standard InChI is InChI=1S/C20H25Br2N3O2/c1-19(2)9-6-7-20(19,3)12(8-9)23-17(26)24-10-4-5-11(25(24)18(23)27)14-13(10)15(21)16(14)22/h4-5,9-16H,6-8H2,1-3H3/t9-,10+,11+,12+,13+,14+,15-,16+,20+/m0/s1. The van der Waals surface area contributed by atoms with Crippen LogP contribution in [0.25, 0.3) is 0 Å². The summed E-state index contributed by atoms with van der Waals surface area (Å²) >= 11 is 7.59. The fourth-order valence-electron chi connectivity index (χ4n) is 7.36. The van der Waals surface area contributed by atoms with Gasteiger partial charge in [-0.2, -0.15) is 0 Å². The topological polar surface area (TPSA) is 48.9 Å². The van der Waals surface area contributed by atoms with Crippen molar-refractivity contribution in [1.29, 1.82) is 0 Å². The Hall–Kier alpha value is -0.560. The molecule has 4 aliphatic carbocycles. The number of nitrogens with zero attached hydrogens (tertiary/aromatic N) is 3. The summed E-state index contributed by atoms with van der Waals surface area (Å²) in [7, 11) is 0. The molecule has 0 saturated heterocycles. The molecule has 27 heavy (non-hydrogen) atoms. The van der Waals surface area contributed by atoms with Crippen LogP contribution in [0, 0.1) is 28.6 Å². The molecule has 4 bridgehead atoms. The lowest BCUT2D eigenvalue weighted by atomic mass is 9.62. The average Bonchev–Trinajstić information content (AvgIpc) is 3.13. The summed E-state index contributed by atoms with van der Waals surface area (Å²) in [5.41, 5.74) is 0.00440. The van der Waals surface area contributed by atoms with Gasteiger partial charge in [-0.3, -0.25) is 0 Å². The van der Waals surface area contributed by atoms with Crippen molar-refractivity contribution >= 4 is 31.9 Å². The Labute approximate surface area is 175 Å². The number of halogens is 2. The van der Waals surface area contributed by atoms with Gasteiger partial charge < -0.3 is 0 Å². The summed E-state index contributed by atoms with van der Waals surface area (Å²) < 4.78 is 5.21. The lowest BCUT2D eigenvalue weighted by Gasteiger charge is -2.58. The Balaban J connectivity index is 1.54. The summed E-state index contributed by atoms with van der Waals surface area (Å²) in [6.07, 6.45) is 7.58. The highest BCUT2D eigenvalue weighted by atomic mass is 79.9. The van der Waals surface area contributed by atoms with Crippen molar-refractivity contribution < 1.29 is 0 Å². The molecule has 0 spiro atoms. The smallest absolute Gasteiger partial charge is 0.246 e. The third kappa shape index (κ3) is 1.67. The summed E-state index contributed by atoms with van der Waals surface area (Å²) in [6.45, 7) is 6.97. The number of fused-ring (bicyclic) bond motifs is 2. The van der Waals surface area contributed by atoms with E-state index in [4.69, 9.17) is 0 Å². The predicted molar refractivity (Wildman–Crippen MR) is 111 cm³/mol. The number of hydrogen-bond donors (Lipinski definition) is 0. The number of hydrogen-bond acceptors (Lipinski definition) is 2. The van der Waals surface area contributed by atoms with Crippen molar-refractivity contribution in [2.45, 2.75) is 67.8 Å². The molecule has 0 aromatic carbocycles. The molecule has 7 heteroatoms. The first kappa shape index (κ1) is 17.3. The maximum absolute atomic E-state index is 13.5. The summed E-state index contributed by atoms with van der Waals surface area (Å²) in [4.78, 5) is 27.8. The number of aromatic nitrogens is 3. The molecule has 0 N–H and O–H groups in total. The molecule has 0 amide bonds. The Bertz CT molecular complexity index is 948. The second-order valence-corrected chi connectivity index (χ2v) is 12.3. The maximum Gasteiger partial charge on any atom is 0.348 e. The van der Waals surface area contributed by atoms with Crippen LogP contribution in [0.1, 0.15) is 58.2 Å². The zero-order chi connectivity index (χ0) is 19.0. The van der Waals surface area contributed by atoms with E-state index < -0.39 is 0 Å². The minimum absolute atomic E-state index is 0.0140. The normalized spacial score (nSPS) is 50.6. The van der Waals surface area contributed by atoms with Crippen molar-refractivity contribution in [3.8, 4) is 0 Å². The molecule has 9 atom stereocenters. The second kappa shape index (κ2) is 4.94. The van der Waals surface area contributed by atoms with Gasteiger partial charge in [-0.05, 0) is 36.0 Å². The molecule has 7 rings (SSSR count). The van der Waals surface area contributed by atoms with E-state index in [-0.39, 0.29) is 40.3 Å². The lowest BCUT2D eigenvalue weighted by molar-refractivity contribution is 0.0346. The first-order valence-electron chi connectivity index (χ1n) is 10.1. The number of alkyl halides is 2. The maximum atomic E-state index is 13.5.